The van der Waals surface area contributed by atoms with Crippen molar-refractivity contribution in [2.45, 2.75) is 33.0 Å². The summed E-state index contributed by atoms with van der Waals surface area (Å²) in [6, 6.07) is 7.61. The van der Waals surface area contributed by atoms with Gasteiger partial charge in [-0.1, -0.05) is 44.0 Å². The second kappa shape index (κ2) is 8.04. The van der Waals surface area contributed by atoms with E-state index in [1.54, 1.807) is 12.5 Å². The summed E-state index contributed by atoms with van der Waals surface area (Å²) in [6.45, 7) is 5.20. The smallest absolute Gasteiger partial charge is 0.316 e. The summed E-state index contributed by atoms with van der Waals surface area (Å²) < 4.78 is 2.01. The Bertz CT molecular complexity index is 653. The summed E-state index contributed by atoms with van der Waals surface area (Å²) in [7, 11) is 0. The first-order valence-corrected chi connectivity index (χ1v) is 7.62. The molecule has 0 spiro atoms. The lowest BCUT2D eigenvalue weighted by molar-refractivity contribution is 0.236. The average molecular weight is 310 g/mol. The van der Waals surface area contributed by atoms with E-state index >= 15 is 0 Å². The van der Waals surface area contributed by atoms with Crippen LogP contribution in [-0.2, 0) is 13.1 Å². The Balaban J connectivity index is 1.82. The molecule has 1 aromatic carbocycles. The van der Waals surface area contributed by atoms with Gasteiger partial charge in [-0.3, -0.25) is 0 Å². The average Bonchev–Trinajstić information content (AvgIpc) is 3.04. The molecular formula is C18H22N4O. The van der Waals surface area contributed by atoms with Crippen LogP contribution >= 0.6 is 0 Å². The lowest BCUT2D eigenvalue weighted by Crippen LogP contribution is -2.43. The molecule has 0 radical (unpaired) electrons. The molecule has 0 saturated heterocycles. The summed E-state index contributed by atoms with van der Waals surface area (Å²) in [6.07, 6.45) is 10.9. The molecule has 0 fully saturated rings. The fraction of sp³-hybridized carbons (Fsp3) is 0.333. The van der Waals surface area contributed by atoms with E-state index in [9.17, 15) is 4.79 Å². The van der Waals surface area contributed by atoms with Crippen molar-refractivity contribution in [3.63, 3.8) is 0 Å². The van der Waals surface area contributed by atoms with E-state index < -0.39 is 0 Å². The first kappa shape index (κ1) is 16.6. The van der Waals surface area contributed by atoms with E-state index in [0.717, 1.165) is 12.1 Å². The van der Waals surface area contributed by atoms with E-state index in [-0.39, 0.29) is 18.0 Å². The molecule has 2 amide bonds. The zero-order valence-corrected chi connectivity index (χ0v) is 13.5. The second-order valence-corrected chi connectivity index (χ2v) is 5.77. The van der Waals surface area contributed by atoms with Crippen molar-refractivity contribution in [1.29, 1.82) is 0 Å². The predicted molar refractivity (Wildman–Crippen MR) is 90.6 cm³/mol. The number of hydrogen-bond donors (Lipinski definition) is 2. The number of amides is 2. The van der Waals surface area contributed by atoms with Crippen molar-refractivity contribution in [2.75, 3.05) is 0 Å². The standard InChI is InChI=1S/C18H22N4O/c1-4-17(14(2)3)21-18(23)20-11-15-5-7-16(8-6-15)12-22-10-9-19-13-22/h1,5-10,13-14,17H,11-12H2,2-3H3,(H2,20,21,23)/t17-/m1/s1. The molecule has 0 unspecified atom stereocenters. The number of carbonyl (C=O) groups excluding carboxylic acids is 1. The fourth-order valence-electron chi connectivity index (χ4n) is 2.13. The molecule has 120 valence electrons. The molecule has 0 aliphatic heterocycles. The monoisotopic (exact) mass is 310 g/mol. The number of aromatic nitrogens is 2. The molecule has 0 saturated carbocycles. The summed E-state index contributed by atoms with van der Waals surface area (Å²) in [5.41, 5.74) is 2.22. The van der Waals surface area contributed by atoms with Crippen molar-refractivity contribution < 1.29 is 4.79 Å². The minimum atomic E-state index is -0.257. The van der Waals surface area contributed by atoms with Crippen molar-refractivity contribution in [2.24, 2.45) is 5.92 Å². The van der Waals surface area contributed by atoms with Gasteiger partial charge >= 0.3 is 6.03 Å². The molecule has 5 heteroatoms. The van der Waals surface area contributed by atoms with Gasteiger partial charge in [0.2, 0.25) is 0 Å². The largest absolute Gasteiger partial charge is 0.334 e. The number of rotatable bonds is 6. The Labute approximate surface area is 137 Å². The summed E-state index contributed by atoms with van der Waals surface area (Å²) in [5.74, 6) is 2.78. The van der Waals surface area contributed by atoms with Crippen LogP contribution in [0.1, 0.15) is 25.0 Å². The summed E-state index contributed by atoms with van der Waals surface area (Å²) >= 11 is 0. The Morgan fingerprint density at radius 2 is 2.00 bits per heavy atom. The van der Waals surface area contributed by atoms with E-state index in [1.165, 1.54) is 5.56 Å². The van der Waals surface area contributed by atoms with E-state index in [4.69, 9.17) is 6.42 Å². The Morgan fingerprint density at radius 3 is 2.57 bits per heavy atom. The maximum atomic E-state index is 11.8. The van der Waals surface area contributed by atoms with Crippen molar-refractivity contribution in [3.8, 4) is 12.3 Å². The third-order valence-corrected chi connectivity index (χ3v) is 3.53. The quantitative estimate of drug-likeness (QED) is 0.805. The normalized spacial score (nSPS) is 11.7. The molecule has 0 aliphatic carbocycles. The van der Waals surface area contributed by atoms with Crippen molar-refractivity contribution in [1.82, 2.24) is 20.2 Å². The molecule has 5 nitrogen and oxygen atoms in total. The number of terminal acetylenes is 1. The molecule has 1 atom stereocenters. The van der Waals surface area contributed by atoms with Crippen molar-refractivity contribution >= 4 is 6.03 Å². The molecule has 2 rings (SSSR count). The van der Waals surface area contributed by atoms with Gasteiger partial charge in [-0.2, -0.15) is 0 Å². The SMILES string of the molecule is C#C[C@@H](NC(=O)NCc1ccc(Cn2ccnc2)cc1)C(C)C. The lowest BCUT2D eigenvalue weighted by atomic mass is 10.1. The number of nitrogens with one attached hydrogen (secondary N) is 2. The van der Waals surface area contributed by atoms with Gasteiger partial charge in [-0.05, 0) is 17.0 Å². The molecule has 1 heterocycles. The number of imidazole rings is 1. The van der Waals surface area contributed by atoms with Gasteiger partial charge in [0.15, 0.2) is 0 Å². The summed E-state index contributed by atoms with van der Waals surface area (Å²) in [4.78, 5) is 15.9. The Hall–Kier alpha value is -2.74. The molecule has 2 aromatic rings. The van der Waals surface area contributed by atoms with Crippen LogP contribution in [-0.4, -0.2) is 21.6 Å². The number of urea groups is 1. The molecule has 0 bridgehead atoms. The Morgan fingerprint density at radius 1 is 1.30 bits per heavy atom. The van der Waals surface area contributed by atoms with Gasteiger partial charge in [-0.25, -0.2) is 9.78 Å². The summed E-state index contributed by atoms with van der Waals surface area (Å²) in [5, 5.41) is 5.60. The third-order valence-electron chi connectivity index (χ3n) is 3.53. The van der Waals surface area contributed by atoms with E-state index in [2.05, 4.69) is 21.5 Å². The number of benzene rings is 1. The highest BCUT2D eigenvalue weighted by molar-refractivity contribution is 5.74. The minimum absolute atomic E-state index is 0.202. The van der Waals surface area contributed by atoms with Crippen LogP contribution in [0.3, 0.4) is 0 Å². The number of nitrogens with zero attached hydrogens (tertiary/aromatic N) is 2. The van der Waals surface area contributed by atoms with Crippen LogP contribution in [0.5, 0.6) is 0 Å². The minimum Gasteiger partial charge on any atom is -0.334 e. The van der Waals surface area contributed by atoms with E-state index in [1.807, 2.05) is 48.9 Å². The maximum Gasteiger partial charge on any atom is 0.316 e. The molecular weight excluding hydrogens is 288 g/mol. The van der Waals surface area contributed by atoms with Gasteiger partial charge in [0.25, 0.3) is 0 Å². The van der Waals surface area contributed by atoms with Crippen LogP contribution in [0.15, 0.2) is 43.0 Å². The second-order valence-electron chi connectivity index (χ2n) is 5.77. The highest BCUT2D eigenvalue weighted by atomic mass is 16.2. The molecule has 23 heavy (non-hydrogen) atoms. The van der Waals surface area contributed by atoms with Crippen LogP contribution < -0.4 is 10.6 Å². The first-order chi connectivity index (χ1) is 11.1. The molecule has 0 aliphatic rings. The zero-order valence-electron chi connectivity index (χ0n) is 13.5. The highest BCUT2D eigenvalue weighted by Crippen LogP contribution is 2.06. The first-order valence-electron chi connectivity index (χ1n) is 7.62. The molecule has 1 aromatic heterocycles. The number of hydrogen-bond acceptors (Lipinski definition) is 2. The zero-order chi connectivity index (χ0) is 16.7. The predicted octanol–water partition coefficient (Wildman–Crippen LogP) is 2.39. The number of carbonyl (C=O) groups is 1. The fourth-order valence-corrected chi connectivity index (χ4v) is 2.13. The third kappa shape index (κ3) is 5.19. The highest BCUT2D eigenvalue weighted by Gasteiger charge is 2.12. The van der Waals surface area contributed by atoms with Gasteiger partial charge in [0.1, 0.15) is 0 Å². The van der Waals surface area contributed by atoms with E-state index in [0.29, 0.717) is 6.54 Å². The van der Waals surface area contributed by atoms with Gasteiger partial charge in [0, 0.05) is 25.5 Å². The van der Waals surface area contributed by atoms with Gasteiger partial charge in [-0.15, -0.1) is 6.42 Å². The Kier molecular flexibility index (Phi) is 5.81. The maximum absolute atomic E-state index is 11.8. The van der Waals surface area contributed by atoms with Crippen LogP contribution in [0.25, 0.3) is 0 Å². The van der Waals surface area contributed by atoms with Gasteiger partial charge in [0.05, 0.1) is 12.4 Å². The van der Waals surface area contributed by atoms with Gasteiger partial charge < -0.3 is 15.2 Å². The topological polar surface area (TPSA) is 59.0 Å². The van der Waals surface area contributed by atoms with Crippen LogP contribution in [0.2, 0.25) is 0 Å². The van der Waals surface area contributed by atoms with Crippen LogP contribution in [0.4, 0.5) is 4.79 Å². The molecule has 2 N–H and O–H groups in total. The lowest BCUT2D eigenvalue weighted by Gasteiger charge is -2.17. The van der Waals surface area contributed by atoms with Crippen LogP contribution in [0, 0.1) is 18.3 Å². The van der Waals surface area contributed by atoms with Crippen molar-refractivity contribution in [3.05, 3.63) is 54.1 Å².